The number of halogens is 1. The van der Waals surface area contributed by atoms with E-state index < -0.39 is 0 Å². The molecule has 7 nitrogen and oxygen atoms in total. The van der Waals surface area contributed by atoms with Crippen LogP contribution in [0, 0.1) is 0 Å². The molecular formula is C32H38ClN5O2. The van der Waals surface area contributed by atoms with Gasteiger partial charge in [-0.15, -0.1) is 0 Å². The number of ether oxygens (including phenoxy) is 1. The summed E-state index contributed by atoms with van der Waals surface area (Å²) in [6.07, 6.45) is 5.71. The minimum Gasteiger partial charge on any atom is -0.385 e. The zero-order chi connectivity index (χ0) is 28.1. The largest absolute Gasteiger partial charge is 0.385 e. The molecule has 1 aliphatic heterocycles. The van der Waals surface area contributed by atoms with Crippen molar-refractivity contribution in [2.45, 2.75) is 50.6 Å². The fourth-order valence-corrected chi connectivity index (χ4v) is 5.95. The van der Waals surface area contributed by atoms with Gasteiger partial charge in [0.05, 0.1) is 0 Å². The molecule has 1 aliphatic rings. The van der Waals surface area contributed by atoms with Crippen molar-refractivity contribution in [2.75, 3.05) is 32.5 Å². The molecule has 2 unspecified atom stereocenters. The van der Waals surface area contributed by atoms with Crippen LogP contribution in [-0.2, 0) is 22.5 Å². The topological polar surface area (TPSA) is 99.4 Å². The van der Waals surface area contributed by atoms with Gasteiger partial charge in [-0.2, -0.15) is 0 Å². The molecule has 0 aliphatic carbocycles. The lowest BCUT2D eigenvalue weighted by Gasteiger charge is -2.34. The quantitative estimate of drug-likeness (QED) is 0.245. The second kappa shape index (κ2) is 12.9. The van der Waals surface area contributed by atoms with Gasteiger partial charge in [-0.1, -0.05) is 41.9 Å². The van der Waals surface area contributed by atoms with E-state index in [-0.39, 0.29) is 17.9 Å². The molecule has 5 rings (SSSR count). The summed E-state index contributed by atoms with van der Waals surface area (Å²) in [5, 5.41) is 1.91. The molecule has 2 aromatic heterocycles. The lowest BCUT2D eigenvalue weighted by molar-refractivity contribution is -0.132. The van der Waals surface area contributed by atoms with Crippen LogP contribution in [0.1, 0.15) is 42.9 Å². The zero-order valence-electron chi connectivity index (χ0n) is 23.1. The highest BCUT2D eigenvalue weighted by Gasteiger charge is 2.28. The average Bonchev–Trinajstić information content (AvgIpc) is 3.31. The fourth-order valence-electron chi connectivity index (χ4n) is 5.79. The number of amides is 1. The Hall–Kier alpha value is -3.39. The molecule has 0 bridgehead atoms. The molecule has 3 heterocycles. The zero-order valence-corrected chi connectivity index (χ0v) is 23.8. The van der Waals surface area contributed by atoms with Gasteiger partial charge in [-0.25, -0.2) is 4.98 Å². The number of hydrogen-bond acceptors (Lipinski definition) is 5. The van der Waals surface area contributed by atoms with Gasteiger partial charge in [0.2, 0.25) is 5.91 Å². The monoisotopic (exact) mass is 559 g/mol. The summed E-state index contributed by atoms with van der Waals surface area (Å²) in [4.78, 5) is 19.5. The number of carbonyl (C=O) groups is 1. The number of pyridine rings is 1. The minimum atomic E-state index is -0.237. The Morgan fingerprint density at radius 3 is 2.67 bits per heavy atom. The van der Waals surface area contributed by atoms with Crippen molar-refractivity contribution in [3.8, 4) is 11.1 Å². The van der Waals surface area contributed by atoms with Crippen molar-refractivity contribution in [3.63, 3.8) is 0 Å². The van der Waals surface area contributed by atoms with Gasteiger partial charge in [0.1, 0.15) is 5.82 Å². The molecule has 8 heteroatoms. The Morgan fingerprint density at radius 1 is 1.12 bits per heavy atom. The van der Waals surface area contributed by atoms with E-state index in [0.29, 0.717) is 31.8 Å². The summed E-state index contributed by atoms with van der Waals surface area (Å²) >= 11 is 6.35. The van der Waals surface area contributed by atoms with Crippen molar-refractivity contribution in [2.24, 2.45) is 5.73 Å². The number of anilines is 1. The van der Waals surface area contributed by atoms with Crippen molar-refractivity contribution in [3.05, 3.63) is 83.1 Å². The van der Waals surface area contributed by atoms with Crippen LogP contribution in [0.3, 0.4) is 0 Å². The lowest BCUT2D eigenvalue weighted by atomic mass is 9.93. The second-order valence-electron chi connectivity index (χ2n) is 10.8. The Morgan fingerprint density at radius 2 is 1.93 bits per heavy atom. The SMILES string of the molecule is COCCCn1c(C2CCCN(C(=O)CC(N)Cc3ccc(-c4ccc(N)nc4)cc3)C2)cc2ccc(Cl)cc21. The second-order valence-corrected chi connectivity index (χ2v) is 11.2. The maximum absolute atomic E-state index is 13.3. The number of hydrogen-bond donors (Lipinski definition) is 2. The summed E-state index contributed by atoms with van der Waals surface area (Å²) in [6, 6.07) is 20.1. The number of fused-ring (bicyclic) bond motifs is 1. The van der Waals surface area contributed by atoms with Gasteiger partial charge >= 0.3 is 0 Å². The predicted molar refractivity (Wildman–Crippen MR) is 162 cm³/mol. The van der Waals surface area contributed by atoms with Gasteiger partial charge in [0.25, 0.3) is 0 Å². The van der Waals surface area contributed by atoms with Crippen LogP contribution >= 0.6 is 11.6 Å². The van der Waals surface area contributed by atoms with Crippen LogP contribution in [0.5, 0.6) is 0 Å². The first-order valence-corrected chi connectivity index (χ1v) is 14.4. The number of nitrogens with zero attached hydrogens (tertiary/aromatic N) is 3. The molecule has 40 heavy (non-hydrogen) atoms. The van der Waals surface area contributed by atoms with Gasteiger partial charge < -0.3 is 25.7 Å². The number of likely N-dealkylation sites (tertiary alicyclic amines) is 1. The highest BCUT2D eigenvalue weighted by Crippen LogP contribution is 2.33. The van der Waals surface area contributed by atoms with Crippen molar-refractivity contribution >= 4 is 34.2 Å². The number of aromatic nitrogens is 2. The number of aryl methyl sites for hydroxylation is 1. The van der Waals surface area contributed by atoms with E-state index in [9.17, 15) is 4.79 Å². The fraction of sp³-hybridized carbons (Fsp3) is 0.375. The van der Waals surface area contributed by atoms with E-state index in [0.717, 1.165) is 59.6 Å². The van der Waals surface area contributed by atoms with Crippen molar-refractivity contribution in [1.82, 2.24) is 14.5 Å². The number of piperidine rings is 1. The van der Waals surface area contributed by atoms with Gasteiger partial charge in [-0.05, 0) is 72.5 Å². The molecule has 210 valence electrons. The smallest absolute Gasteiger partial charge is 0.224 e. The predicted octanol–water partition coefficient (Wildman–Crippen LogP) is 5.64. The molecule has 1 saturated heterocycles. The van der Waals surface area contributed by atoms with Gasteiger partial charge in [0, 0.05) is 79.7 Å². The van der Waals surface area contributed by atoms with Gasteiger partial charge in [-0.3, -0.25) is 4.79 Å². The normalized spacial score (nSPS) is 16.4. The number of nitrogen functional groups attached to an aromatic ring is 1. The molecule has 1 amide bonds. The molecule has 2 aromatic carbocycles. The highest BCUT2D eigenvalue weighted by molar-refractivity contribution is 6.31. The first-order valence-electron chi connectivity index (χ1n) is 14.0. The molecule has 4 aromatic rings. The molecular weight excluding hydrogens is 522 g/mol. The first-order chi connectivity index (χ1) is 19.4. The van der Waals surface area contributed by atoms with Crippen LogP contribution in [0.4, 0.5) is 5.82 Å². The van der Waals surface area contributed by atoms with Crippen LogP contribution in [-0.4, -0.2) is 53.2 Å². The Bertz CT molecular complexity index is 1430. The molecule has 0 radical (unpaired) electrons. The standard InChI is InChI=1S/C32H38ClN5O2/c1-40-15-3-14-38-29(17-24-9-11-27(33)18-30(24)38)26-4-2-13-37(21-26)32(39)19-28(34)16-22-5-7-23(8-6-22)25-10-12-31(35)36-20-25/h5-12,17-18,20,26,28H,2-4,13-16,19,21,34H2,1H3,(H2,35,36). The Balaban J connectivity index is 1.22. The van der Waals surface area contributed by atoms with Crippen molar-refractivity contribution in [1.29, 1.82) is 0 Å². The van der Waals surface area contributed by atoms with E-state index in [1.165, 1.54) is 11.1 Å². The third kappa shape index (κ3) is 6.66. The molecule has 1 fully saturated rings. The van der Waals surface area contributed by atoms with Gasteiger partial charge in [0.15, 0.2) is 0 Å². The Kier molecular flexibility index (Phi) is 9.04. The average molecular weight is 560 g/mol. The van der Waals surface area contributed by atoms with Crippen molar-refractivity contribution < 1.29 is 9.53 Å². The summed E-state index contributed by atoms with van der Waals surface area (Å²) < 4.78 is 7.68. The maximum atomic E-state index is 13.3. The minimum absolute atomic E-state index is 0.131. The number of benzene rings is 2. The highest BCUT2D eigenvalue weighted by atomic mass is 35.5. The number of carbonyl (C=O) groups excluding carboxylic acids is 1. The molecule has 0 spiro atoms. The van der Waals surface area contributed by atoms with E-state index in [1.807, 2.05) is 23.1 Å². The van der Waals surface area contributed by atoms with Crippen LogP contribution in [0.15, 0.2) is 66.9 Å². The number of nitrogens with two attached hydrogens (primary N) is 2. The third-order valence-electron chi connectivity index (χ3n) is 7.83. The van der Waals surface area contributed by atoms with Crippen LogP contribution < -0.4 is 11.5 Å². The number of rotatable bonds is 10. The summed E-state index contributed by atoms with van der Waals surface area (Å²) in [6.45, 7) is 3.05. The van der Waals surface area contributed by atoms with Crippen LogP contribution in [0.25, 0.3) is 22.0 Å². The maximum Gasteiger partial charge on any atom is 0.224 e. The van der Waals surface area contributed by atoms with Crippen LogP contribution in [0.2, 0.25) is 5.02 Å². The molecule has 0 saturated carbocycles. The Labute approximate surface area is 241 Å². The van der Waals surface area contributed by atoms with E-state index in [2.05, 4.69) is 45.9 Å². The van der Waals surface area contributed by atoms with E-state index in [1.54, 1.807) is 19.4 Å². The molecule has 4 N–H and O–H groups in total. The summed E-state index contributed by atoms with van der Waals surface area (Å²) in [7, 11) is 1.73. The third-order valence-corrected chi connectivity index (χ3v) is 8.06. The first kappa shape index (κ1) is 28.1. The summed E-state index contributed by atoms with van der Waals surface area (Å²) in [5.74, 6) is 0.912. The molecule has 2 atom stereocenters. The lowest BCUT2D eigenvalue weighted by Crippen LogP contribution is -2.42. The summed E-state index contributed by atoms with van der Waals surface area (Å²) in [5.41, 5.74) is 17.8. The van der Waals surface area contributed by atoms with E-state index in [4.69, 9.17) is 27.8 Å². The number of methoxy groups -OCH3 is 1. The van der Waals surface area contributed by atoms with E-state index >= 15 is 0 Å².